The maximum atomic E-state index is 13.1. The molecule has 1 aliphatic heterocycles. The first-order valence-electron chi connectivity index (χ1n) is 13.6. The molecule has 0 spiro atoms. The van der Waals surface area contributed by atoms with Crippen molar-refractivity contribution in [3.63, 3.8) is 0 Å². The van der Waals surface area contributed by atoms with Gasteiger partial charge in [-0.25, -0.2) is 18.4 Å². The molecular formula is C33H30AlN4O2S. The summed E-state index contributed by atoms with van der Waals surface area (Å²) in [7, 11) is -3.60. The van der Waals surface area contributed by atoms with Gasteiger partial charge in [0.05, 0.1) is 17.7 Å². The third-order valence-corrected chi connectivity index (χ3v) is 10.2. The van der Waals surface area contributed by atoms with Crippen molar-refractivity contribution >= 4 is 54.8 Å². The molecule has 1 radical (unpaired) electrons. The highest BCUT2D eigenvalue weighted by Gasteiger charge is 2.44. The van der Waals surface area contributed by atoms with Gasteiger partial charge in [0.1, 0.15) is 5.82 Å². The van der Waals surface area contributed by atoms with Crippen LogP contribution in [-0.4, -0.2) is 47.4 Å². The molecule has 4 aromatic carbocycles. The van der Waals surface area contributed by atoms with E-state index in [1.165, 1.54) is 26.1 Å². The molecule has 5 aromatic rings. The SMILES string of the molecule is CCCC1=NC(n2c(-c3ccccc3)c3ccccc3c2[N]([AlH])S(C)(=O)=O)=NC1(c1ccccc1)c1ccccc1. The summed E-state index contributed by atoms with van der Waals surface area (Å²) in [5.41, 5.74) is 3.93. The van der Waals surface area contributed by atoms with Crippen LogP contribution < -0.4 is 3.29 Å². The van der Waals surface area contributed by atoms with Crippen LogP contribution in [0, 0.1) is 0 Å². The normalized spacial score (nSPS) is 14.6. The summed E-state index contributed by atoms with van der Waals surface area (Å²) in [6, 6.07) is 38.5. The van der Waals surface area contributed by atoms with Gasteiger partial charge in [-0.05, 0) is 23.1 Å². The zero-order valence-corrected chi connectivity index (χ0v) is 25.3. The predicted octanol–water partition coefficient (Wildman–Crippen LogP) is 6.29. The number of aliphatic imine (C=N–C) groups is 2. The van der Waals surface area contributed by atoms with Crippen LogP contribution in [0.5, 0.6) is 0 Å². The topological polar surface area (TPSA) is 67.0 Å². The third-order valence-electron chi connectivity index (χ3n) is 7.53. The van der Waals surface area contributed by atoms with Gasteiger partial charge in [-0.1, -0.05) is 129 Å². The maximum absolute atomic E-state index is 13.1. The molecule has 0 aliphatic carbocycles. The lowest BCUT2D eigenvalue weighted by molar-refractivity contribution is 0.603. The van der Waals surface area contributed by atoms with Crippen molar-refractivity contribution in [1.82, 2.24) is 4.57 Å². The van der Waals surface area contributed by atoms with Gasteiger partial charge in [0.15, 0.2) is 5.54 Å². The van der Waals surface area contributed by atoms with Crippen molar-refractivity contribution in [2.45, 2.75) is 25.3 Å². The lowest BCUT2D eigenvalue weighted by Gasteiger charge is -2.29. The molecular weight excluding hydrogens is 543 g/mol. The summed E-state index contributed by atoms with van der Waals surface area (Å²) in [5.74, 6) is 0.988. The highest BCUT2D eigenvalue weighted by Crippen LogP contribution is 2.44. The van der Waals surface area contributed by atoms with E-state index in [-0.39, 0.29) is 0 Å². The summed E-state index contributed by atoms with van der Waals surface area (Å²) < 4.78 is 29.4. The molecule has 0 fully saturated rings. The molecule has 0 atom stereocenters. The molecule has 6 nitrogen and oxygen atoms in total. The molecule has 0 N–H and O–H groups in total. The second kappa shape index (κ2) is 10.8. The Kier molecular flexibility index (Phi) is 7.17. The number of rotatable bonds is 7. The van der Waals surface area contributed by atoms with Gasteiger partial charge >= 0.3 is 16.5 Å². The van der Waals surface area contributed by atoms with Gasteiger partial charge in [-0.15, -0.1) is 0 Å². The van der Waals surface area contributed by atoms with E-state index in [1.807, 2.05) is 95.6 Å². The smallest absolute Gasteiger partial charge is 0.364 e. The molecule has 8 heteroatoms. The summed E-state index contributed by atoms with van der Waals surface area (Å²) in [5, 5.41) is 1.75. The number of benzene rings is 4. The first kappa shape index (κ1) is 27.2. The van der Waals surface area contributed by atoms with Crippen LogP contribution in [-0.2, 0) is 15.6 Å². The van der Waals surface area contributed by atoms with E-state index in [0.717, 1.165) is 51.7 Å². The number of nitrogens with zero attached hydrogens (tertiary/aromatic N) is 4. The van der Waals surface area contributed by atoms with Crippen LogP contribution in [0.25, 0.3) is 22.0 Å². The summed E-state index contributed by atoms with van der Waals surface area (Å²) in [4.78, 5) is 10.8. The average Bonchev–Trinajstić information content (AvgIpc) is 3.55. The largest absolute Gasteiger partial charge is 0.369 e. The number of hydrogen-bond donors (Lipinski definition) is 0. The molecule has 0 saturated carbocycles. The Labute approximate surface area is 249 Å². The van der Waals surface area contributed by atoms with E-state index in [0.29, 0.717) is 11.8 Å². The second-order valence-electron chi connectivity index (χ2n) is 10.2. The number of anilines is 1. The van der Waals surface area contributed by atoms with Crippen LogP contribution in [0.3, 0.4) is 0 Å². The molecule has 0 saturated heterocycles. The van der Waals surface area contributed by atoms with E-state index in [9.17, 15) is 8.42 Å². The lowest BCUT2D eigenvalue weighted by Crippen LogP contribution is -2.33. The number of aromatic nitrogens is 1. The standard InChI is InChI=1S/C33H29N4O2S.Al.H/c1-3-15-29-33(25-18-9-5-10-19-25,26-20-11-6-12-21-26)35-32(34-29)37-30(24-16-7-4-8-17-24)27-22-13-14-23-28(27)31(37)36-40(2,38)39;;/h4-14,16-23H,3,15H2,1-2H3;;/q-1;+1;. The number of sulfonamides is 1. The van der Waals surface area contributed by atoms with Gasteiger partial charge in [0, 0.05) is 10.8 Å². The fourth-order valence-electron chi connectivity index (χ4n) is 5.71. The van der Waals surface area contributed by atoms with Gasteiger partial charge < -0.3 is 3.29 Å². The van der Waals surface area contributed by atoms with Crippen molar-refractivity contribution in [2.24, 2.45) is 9.98 Å². The van der Waals surface area contributed by atoms with E-state index in [4.69, 9.17) is 9.98 Å². The van der Waals surface area contributed by atoms with Crippen LogP contribution in [0.1, 0.15) is 30.9 Å². The van der Waals surface area contributed by atoms with E-state index in [1.54, 1.807) is 0 Å². The minimum atomic E-state index is -3.60. The van der Waals surface area contributed by atoms with Crippen molar-refractivity contribution < 1.29 is 8.42 Å². The monoisotopic (exact) mass is 573 g/mol. The maximum Gasteiger partial charge on any atom is 0.369 e. The Hall–Kier alpha value is -3.96. The van der Waals surface area contributed by atoms with Gasteiger partial charge in [0.2, 0.25) is 16.0 Å². The van der Waals surface area contributed by atoms with Crippen LogP contribution >= 0.6 is 0 Å². The molecule has 0 amide bonds. The highest BCUT2D eigenvalue weighted by atomic mass is 32.2. The fourth-order valence-corrected chi connectivity index (χ4v) is 6.52. The highest BCUT2D eigenvalue weighted by molar-refractivity contribution is 7.93. The van der Waals surface area contributed by atoms with Crippen molar-refractivity contribution in [3.05, 3.63) is 126 Å². The zero-order valence-electron chi connectivity index (χ0n) is 23.1. The fraction of sp³-hybridized carbons (Fsp3) is 0.152. The Morgan fingerprint density at radius 3 is 1.83 bits per heavy atom. The first-order chi connectivity index (χ1) is 19.9. The van der Waals surface area contributed by atoms with E-state index in [2.05, 4.69) is 31.2 Å². The number of hydrogen-bond acceptors (Lipinski definition) is 4. The van der Waals surface area contributed by atoms with Crippen molar-refractivity contribution in [2.75, 3.05) is 9.54 Å². The van der Waals surface area contributed by atoms with Crippen molar-refractivity contribution in [3.8, 4) is 11.3 Å². The van der Waals surface area contributed by atoms with E-state index >= 15 is 0 Å². The predicted molar refractivity (Wildman–Crippen MR) is 171 cm³/mol. The average molecular weight is 574 g/mol. The quantitative estimate of drug-likeness (QED) is 0.215. The molecule has 2 heterocycles. The van der Waals surface area contributed by atoms with Gasteiger partial charge in [-0.3, -0.25) is 4.57 Å². The number of fused-ring (bicyclic) bond motifs is 1. The molecule has 41 heavy (non-hydrogen) atoms. The molecule has 0 unspecified atom stereocenters. The Bertz CT molecular complexity index is 1840. The lowest BCUT2D eigenvalue weighted by atomic mass is 9.78. The summed E-state index contributed by atoms with van der Waals surface area (Å²) in [6.45, 7) is 2.14. The van der Waals surface area contributed by atoms with Crippen molar-refractivity contribution in [1.29, 1.82) is 0 Å². The second-order valence-corrected chi connectivity index (χ2v) is 13.2. The van der Waals surface area contributed by atoms with Crippen LogP contribution in [0.2, 0.25) is 0 Å². The van der Waals surface area contributed by atoms with Gasteiger partial charge in [0.25, 0.3) is 0 Å². The third kappa shape index (κ3) is 4.62. The summed E-state index contributed by atoms with van der Waals surface area (Å²) >= 11 is 1.33. The Balaban J connectivity index is 1.76. The van der Waals surface area contributed by atoms with Crippen LogP contribution in [0.4, 0.5) is 5.82 Å². The van der Waals surface area contributed by atoms with Gasteiger partial charge in [-0.2, -0.15) is 0 Å². The molecule has 1 aliphatic rings. The van der Waals surface area contributed by atoms with Crippen LogP contribution in [0.15, 0.2) is 125 Å². The minimum Gasteiger partial charge on any atom is -0.364 e. The Morgan fingerprint density at radius 2 is 1.29 bits per heavy atom. The first-order valence-corrected chi connectivity index (χ1v) is 16.1. The minimum absolute atomic E-state index is 0.464. The Morgan fingerprint density at radius 1 is 0.780 bits per heavy atom. The molecule has 6 rings (SSSR count). The molecule has 0 bridgehead atoms. The summed E-state index contributed by atoms with van der Waals surface area (Å²) in [6.07, 6.45) is 2.85. The van der Waals surface area contributed by atoms with E-state index < -0.39 is 15.6 Å². The zero-order chi connectivity index (χ0) is 28.6. The molecule has 203 valence electrons. The molecule has 1 aromatic heterocycles.